The van der Waals surface area contributed by atoms with Gasteiger partial charge >= 0.3 is 0 Å². The Labute approximate surface area is 220 Å². The molecule has 2 aromatic rings. The second kappa shape index (κ2) is 19.2. The van der Waals surface area contributed by atoms with E-state index in [-0.39, 0.29) is 0 Å². The fraction of sp³-hybridized carbons (Fsp3) is 0.688. The van der Waals surface area contributed by atoms with Crippen molar-refractivity contribution in [2.24, 2.45) is 5.92 Å². The van der Waals surface area contributed by atoms with Crippen LogP contribution in [0.4, 0.5) is 4.39 Å². The second-order valence-corrected chi connectivity index (χ2v) is 10.6. The van der Waals surface area contributed by atoms with Gasteiger partial charge in [0.2, 0.25) is 0 Å². The molecule has 0 aliphatic heterocycles. The van der Waals surface area contributed by atoms with E-state index < -0.39 is 6.17 Å². The molecule has 2 rings (SSSR count). The number of halogens is 1. The molecule has 1 heterocycles. The van der Waals surface area contributed by atoms with Gasteiger partial charge in [-0.3, -0.25) is 0 Å². The number of nitrogens with zero attached hydrogens (tertiary/aromatic N) is 2. The molecule has 2 unspecified atom stereocenters. The number of aromatic nitrogens is 2. The van der Waals surface area contributed by atoms with Crippen LogP contribution in [0, 0.1) is 5.92 Å². The van der Waals surface area contributed by atoms with Gasteiger partial charge in [0.05, 0.1) is 19.0 Å². The van der Waals surface area contributed by atoms with Crippen molar-refractivity contribution in [3.63, 3.8) is 0 Å². The summed E-state index contributed by atoms with van der Waals surface area (Å²) >= 11 is 0. The molecule has 3 nitrogen and oxygen atoms in total. The zero-order valence-corrected chi connectivity index (χ0v) is 23.3. The van der Waals surface area contributed by atoms with Crippen LogP contribution in [0.2, 0.25) is 0 Å². The van der Waals surface area contributed by atoms with Gasteiger partial charge in [-0.1, -0.05) is 122 Å². The number of hydrogen-bond donors (Lipinski definition) is 0. The predicted octanol–water partition coefficient (Wildman–Crippen LogP) is 9.93. The van der Waals surface area contributed by atoms with Gasteiger partial charge in [-0.05, 0) is 30.7 Å². The maximum atomic E-state index is 14.3. The highest BCUT2D eigenvalue weighted by Gasteiger charge is 2.12. The lowest BCUT2D eigenvalue weighted by atomic mass is 9.96. The normalized spacial score (nSPS) is 13.0. The summed E-state index contributed by atoms with van der Waals surface area (Å²) in [5.41, 5.74) is 2.39. The van der Waals surface area contributed by atoms with Crippen molar-refractivity contribution >= 4 is 0 Å². The molecule has 0 aliphatic carbocycles. The Hall–Kier alpha value is -1.97. The van der Waals surface area contributed by atoms with Crippen LogP contribution in [0.1, 0.15) is 123 Å². The van der Waals surface area contributed by atoms with E-state index in [0.29, 0.717) is 36.9 Å². The Balaban J connectivity index is 1.62. The Kier molecular flexibility index (Phi) is 16.1. The first kappa shape index (κ1) is 30.3. The zero-order valence-electron chi connectivity index (χ0n) is 23.3. The van der Waals surface area contributed by atoms with E-state index >= 15 is 0 Å². The average molecular weight is 499 g/mol. The minimum atomic E-state index is -0.809. The molecule has 1 aromatic heterocycles. The van der Waals surface area contributed by atoms with Crippen LogP contribution in [0.25, 0.3) is 11.4 Å². The molecule has 0 amide bonds. The highest BCUT2D eigenvalue weighted by atomic mass is 19.1. The lowest BCUT2D eigenvalue weighted by molar-refractivity contribution is 0.204. The molecule has 0 saturated carbocycles. The van der Waals surface area contributed by atoms with Gasteiger partial charge in [-0.15, -0.1) is 0 Å². The summed E-state index contributed by atoms with van der Waals surface area (Å²) in [7, 11) is 0. The Morgan fingerprint density at radius 2 is 1.33 bits per heavy atom. The average Bonchev–Trinajstić information content (AvgIpc) is 2.89. The van der Waals surface area contributed by atoms with Gasteiger partial charge in [0.1, 0.15) is 6.17 Å². The molecule has 0 radical (unpaired) electrons. The van der Waals surface area contributed by atoms with E-state index in [1.807, 2.05) is 0 Å². The Morgan fingerprint density at radius 1 is 0.750 bits per heavy atom. The van der Waals surface area contributed by atoms with E-state index in [0.717, 1.165) is 18.4 Å². The molecule has 0 saturated heterocycles. The van der Waals surface area contributed by atoms with Crippen LogP contribution in [-0.4, -0.2) is 22.7 Å². The van der Waals surface area contributed by atoms with Crippen LogP contribution in [0.5, 0.6) is 5.75 Å². The van der Waals surface area contributed by atoms with Crippen molar-refractivity contribution in [3.05, 3.63) is 42.2 Å². The number of hydrogen-bond acceptors (Lipinski definition) is 3. The lowest BCUT2D eigenvalue weighted by Crippen LogP contribution is -2.12. The predicted molar refractivity (Wildman–Crippen MR) is 151 cm³/mol. The molecule has 0 N–H and O–H groups in total. The molecule has 0 fully saturated rings. The number of rotatable bonds is 21. The minimum Gasteiger partial charge on any atom is -0.490 e. The summed E-state index contributed by atoms with van der Waals surface area (Å²) in [6.45, 7) is 6.98. The van der Waals surface area contributed by atoms with Crippen molar-refractivity contribution in [1.29, 1.82) is 0 Å². The van der Waals surface area contributed by atoms with Crippen molar-refractivity contribution in [2.45, 2.75) is 130 Å². The summed E-state index contributed by atoms with van der Waals surface area (Å²) in [6, 6.07) is 8.60. The van der Waals surface area contributed by atoms with Crippen LogP contribution < -0.4 is 4.74 Å². The maximum absolute atomic E-state index is 14.3. The summed E-state index contributed by atoms with van der Waals surface area (Å²) in [4.78, 5) is 8.92. The van der Waals surface area contributed by atoms with E-state index in [1.54, 1.807) is 12.4 Å². The van der Waals surface area contributed by atoms with Gasteiger partial charge in [-0.25, -0.2) is 14.4 Å². The van der Waals surface area contributed by atoms with Crippen LogP contribution in [0.3, 0.4) is 0 Å². The fourth-order valence-electron chi connectivity index (χ4n) is 4.72. The van der Waals surface area contributed by atoms with Crippen molar-refractivity contribution < 1.29 is 9.13 Å². The lowest BCUT2D eigenvalue weighted by Gasteiger charge is -2.15. The highest BCUT2D eigenvalue weighted by molar-refractivity contribution is 5.55. The van der Waals surface area contributed by atoms with Crippen molar-refractivity contribution in [1.82, 2.24) is 9.97 Å². The topological polar surface area (TPSA) is 35.0 Å². The first-order valence-corrected chi connectivity index (χ1v) is 14.8. The molecule has 36 heavy (non-hydrogen) atoms. The van der Waals surface area contributed by atoms with E-state index in [4.69, 9.17) is 4.74 Å². The highest BCUT2D eigenvalue weighted by Crippen LogP contribution is 2.21. The third-order valence-corrected chi connectivity index (χ3v) is 7.07. The Bertz CT molecular complexity index is 778. The third-order valence-electron chi connectivity index (χ3n) is 7.07. The molecule has 0 aliphatic rings. The fourth-order valence-corrected chi connectivity index (χ4v) is 4.72. The van der Waals surface area contributed by atoms with Gasteiger partial charge < -0.3 is 4.74 Å². The Morgan fingerprint density at radius 3 is 1.97 bits per heavy atom. The van der Waals surface area contributed by atoms with E-state index in [2.05, 4.69) is 55.0 Å². The van der Waals surface area contributed by atoms with Crippen LogP contribution in [-0.2, 0) is 6.42 Å². The quantitative estimate of drug-likeness (QED) is 0.161. The van der Waals surface area contributed by atoms with E-state index in [1.165, 1.54) is 82.6 Å². The first-order valence-electron chi connectivity index (χ1n) is 14.8. The SMILES string of the molecule is CCCCCCCCCCCc1ccc(-c2ncc(OCCC(F)CC(C)CCCCC)cn2)cc1. The minimum absolute atomic E-state index is 0.360. The standard InChI is InChI=1S/C32H51FN2O/c1-4-6-8-9-10-11-12-13-15-17-28-18-20-29(21-19-28)32-34-25-31(26-35-32)36-23-22-30(33)24-27(3)16-14-7-5-2/h18-21,25-27,30H,4-17,22-24H2,1-3H3. The first-order chi connectivity index (χ1) is 17.6. The van der Waals surface area contributed by atoms with Crippen molar-refractivity contribution in [2.75, 3.05) is 6.61 Å². The monoisotopic (exact) mass is 498 g/mol. The van der Waals surface area contributed by atoms with Crippen LogP contribution >= 0.6 is 0 Å². The molecular formula is C32H51FN2O. The number of ether oxygens (including phenoxy) is 1. The zero-order chi connectivity index (χ0) is 25.8. The van der Waals surface area contributed by atoms with Gasteiger partial charge in [0.25, 0.3) is 0 Å². The maximum Gasteiger partial charge on any atom is 0.159 e. The van der Waals surface area contributed by atoms with Gasteiger partial charge in [0, 0.05) is 12.0 Å². The van der Waals surface area contributed by atoms with Crippen molar-refractivity contribution in [3.8, 4) is 17.1 Å². The summed E-state index contributed by atoms with van der Waals surface area (Å²) in [5, 5.41) is 0. The molecular weight excluding hydrogens is 447 g/mol. The number of alkyl halides is 1. The number of unbranched alkanes of at least 4 members (excludes halogenated alkanes) is 10. The molecule has 202 valence electrons. The summed E-state index contributed by atoms with van der Waals surface area (Å²) in [6.07, 6.45) is 21.8. The second-order valence-electron chi connectivity index (χ2n) is 10.6. The molecule has 0 spiro atoms. The third kappa shape index (κ3) is 13.4. The number of benzene rings is 1. The van der Waals surface area contributed by atoms with E-state index in [9.17, 15) is 4.39 Å². The molecule has 2 atom stereocenters. The summed E-state index contributed by atoms with van der Waals surface area (Å²) in [5.74, 6) is 1.73. The molecule has 0 bridgehead atoms. The number of aryl methyl sites for hydroxylation is 1. The largest absolute Gasteiger partial charge is 0.490 e. The smallest absolute Gasteiger partial charge is 0.159 e. The molecule has 4 heteroatoms. The summed E-state index contributed by atoms with van der Waals surface area (Å²) < 4.78 is 20.0. The van der Waals surface area contributed by atoms with Crippen LogP contribution in [0.15, 0.2) is 36.7 Å². The van der Waals surface area contributed by atoms with Gasteiger partial charge in [-0.2, -0.15) is 0 Å². The molecule has 1 aromatic carbocycles. The van der Waals surface area contributed by atoms with Gasteiger partial charge in [0.15, 0.2) is 11.6 Å².